The number of imidazole rings is 2. The summed E-state index contributed by atoms with van der Waals surface area (Å²) in [4.78, 5) is 21.7. The number of benzene rings is 1. The molecule has 4 N–H and O–H groups in total. The number of ketones is 1. The molecular formula is C17H12N10O3. The minimum absolute atomic E-state index is 0.0760. The monoisotopic (exact) mass is 404 g/mol. The van der Waals surface area contributed by atoms with Crippen LogP contribution in [-0.4, -0.2) is 47.0 Å². The van der Waals surface area contributed by atoms with Gasteiger partial charge in [-0.3, -0.25) is 15.6 Å². The van der Waals surface area contributed by atoms with E-state index in [1.807, 2.05) is 6.92 Å². The highest BCUT2D eigenvalue weighted by Gasteiger charge is 2.39. The van der Waals surface area contributed by atoms with Crippen molar-refractivity contribution in [2.75, 3.05) is 0 Å². The molecule has 0 amide bonds. The van der Waals surface area contributed by atoms with E-state index in [-0.39, 0.29) is 35.2 Å². The number of azo groups is 2. The first-order valence-corrected chi connectivity index (χ1v) is 8.62. The largest absolute Gasteiger partial charge is 0.493 e. The fourth-order valence-corrected chi connectivity index (χ4v) is 3.28. The van der Waals surface area contributed by atoms with Crippen LogP contribution >= 0.6 is 0 Å². The Hall–Kier alpha value is -4.55. The SMILES string of the molecule is Cc1ccc(C(=O)C(c2nc3n(c2O)C(=N)N=N3)c2nc3n(c2O)C(=N)N=N3)cc1. The van der Waals surface area contributed by atoms with E-state index in [2.05, 4.69) is 30.4 Å². The van der Waals surface area contributed by atoms with Gasteiger partial charge in [0.1, 0.15) is 17.3 Å². The maximum Gasteiger partial charge on any atom is 0.259 e. The summed E-state index contributed by atoms with van der Waals surface area (Å²) >= 11 is 0. The number of aromatic hydroxyl groups is 2. The van der Waals surface area contributed by atoms with E-state index in [4.69, 9.17) is 10.8 Å². The van der Waals surface area contributed by atoms with Gasteiger partial charge in [-0.1, -0.05) is 29.8 Å². The minimum Gasteiger partial charge on any atom is -0.493 e. The van der Waals surface area contributed by atoms with Crippen molar-refractivity contribution in [3.63, 3.8) is 0 Å². The van der Waals surface area contributed by atoms with Crippen LogP contribution in [0.3, 0.4) is 0 Å². The van der Waals surface area contributed by atoms with Crippen LogP contribution in [0.5, 0.6) is 11.8 Å². The highest BCUT2D eigenvalue weighted by atomic mass is 16.3. The summed E-state index contributed by atoms with van der Waals surface area (Å²) in [6.07, 6.45) is 0. The molecule has 5 rings (SSSR count). The average molecular weight is 404 g/mol. The van der Waals surface area contributed by atoms with Gasteiger partial charge in [0.25, 0.3) is 23.8 Å². The van der Waals surface area contributed by atoms with Gasteiger partial charge in [0.2, 0.25) is 11.8 Å². The third-order valence-corrected chi connectivity index (χ3v) is 4.76. The van der Waals surface area contributed by atoms with Crippen molar-refractivity contribution in [3.05, 3.63) is 46.8 Å². The molecule has 1 aromatic carbocycles. The van der Waals surface area contributed by atoms with Gasteiger partial charge in [-0.15, -0.1) is 20.5 Å². The predicted octanol–water partition coefficient (Wildman–Crippen LogP) is 2.57. The molecule has 0 aliphatic carbocycles. The number of hydrogen-bond donors (Lipinski definition) is 4. The molecule has 0 spiro atoms. The first kappa shape index (κ1) is 17.5. The summed E-state index contributed by atoms with van der Waals surface area (Å²) < 4.78 is 1.93. The Morgan fingerprint density at radius 1 is 0.867 bits per heavy atom. The molecule has 0 saturated heterocycles. The lowest BCUT2D eigenvalue weighted by Crippen LogP contribution is -2.17. The predicted molar refractivity (Wildman–Crippen MR) is 100 cm³/mol. The van der Waals surface area contributed by atoms with Crippen molar-refractivity contribution < 1.29 is 15.0 Å². The zero-order valence-electron chi connectivity index (χ0n) is 15.3. The lowest BCUT2D eigenvalue weighted by molar-refractivity contribution is 0.0968. The fourth-order valence-electron chi connectivity index (χ4n) is 3.28. The summed E-state index contributed by atoms with van der Waals surface area (Å²) in [7, 11) is 0. The molecule has 148 valence electrons. The molecule has 4 heterocycles. The molecule has 2 aliphatic heterocycles. The standard InChI is InChI=1S/C17H12N10O3/c1-6-2-4-7(5-3-6)11(28)8(9-12(29)26-14(18)22-24-16(26)20-9)10-13(30)27-15(19)23-25-17(27)21-10/h2-5,8,18-19,29-30H,1H3. The van der Waals surface area contributed by atoms with Gasteiger partial charge in [0, 0.05) is 5.56 Å². The van der Waals surface area contributed by atoms with Gasteiger partial charge in [-0.25, -0.2) is 19.1 Å². The van der Waals surface area contributed by atoms with E-state index in [9.17, 15) is 15.0 Å². The molecule has 0 bridgehead atoms. The van der Waals surface area contributed by atoms with Crippen molar-refractivity contribution in [1.82, 2.24) is 19.1 Å². The topological polar surface area (TPSA) is 190 Å². The van der Waals surface area contributed by atoms with Crippen LogP contribution in [0, 0.1) is 17.7 Å². The number of carbonyl (C=O) groups excluding carboxylic acids is 1. The number of hydrogen-bond acceptors (Lipinski definition) is 9. The van der Waals surface area contributed by atoms with Crippen LogP contribution < -0.4 is 0 Å². The van der Waals surface area contributed by atoms with Crippen molar-refractivity contribution >= 4 is 29.6 Å². The summed E-state index contributed by atoms with van der Waals surface area (Å²) in [5.41, 5.74) is 0.918. The third-order valence-electron chi connectivity index (χ3n) is 4.76. The van der Waals surface area contributed by atoms with Gasteiger partial charge < -0.3 is 10.2 Å². The van der Waals surface area contributed by atoms with Crippen molar-refractivity contribution in [2.24, 2.45) is 20.5 Å². The molecule has 3 aromatic rings. The third kappa shape index (κ3) is 2.32. The van der Waals surface area contributed by atoms with Crippen molar-refractivity contribution in [1.29, 1.82) is 10.8 Å². The highest BCUT2D eigenvalue weighted by Crippen LogP contribution is 2.42. The second kappa shape index (κ2) is 5.97. The molecule has 0 fully saturated rings. The molecular weight excluding hydrogens is 392 g/mol. The number of aromatic nitrogens is 4. The fraction of sp³-hybridized carbons (Fsp3) is 0.118. The number of carbonyl (C=O) groups is 1. The van der Waals surface area contributed by atoms with Crippen molar-refractivity contribution in [2.45, 2.75) is 12.8 Å². The Kier molecular flexibility index (Phi) is 3.49. The van der Waals surface area contributed by atoms with Gasteiger partial charge in [-0.05, 0) is 6.92 Å². The van der Waals surface area contributed by atoms with E-state index >= 15 is 0 Å². The molecule has 2 aromatic heterocycles. The van der Waals surface area contributed by atoms with Gasteiger partial charge in [0.05, 0.1) is 0 Å². The van der Waals surface area contributed by atoms with E-state index in [1.54, 1.807) is 24.3 Å². The first-order chi connectivity index (χ1) is 14.4. The van der Waals surface area contributed by atoms with Crippen LogP contribution in [0.4, 0.5) is 11.9 Å². The number of nitrogens with zero attached hydrogens (tertiary/aromatic N) is 8. The molecule has 2 aliphatic rings. The summed E-state index contributed by atoms with van der Waals surface area (Å²) in [6.45, 7) is 1.87. The molecule has 0 unspecified atom stereocenters. The molecule has 13 heteroatoms. The molecule has 30 heavy (non-hydrogen) atoms. The first-order valence-electron chi connectivity index (χ1n) is 8.62. The molecule has 13 nitrogen and oxygen atoms in total. The Bertz CT molecular complexity index is 1250. The van der Waals surface area contributed by atoms with Gasteiger partial charge >= 0.3 is 0 Å². The van der Waals surface area contributed by atoms with Crippen LogP contribution in [0.25, 0.3) is 0 Å². The normalized spacial score (nSPS) is 15.0. The lowest BCUT2D eigenvalue weighted by Gasteiger charge is -2.13. The number of fused-ring (bicyclic) bond motifs is 2. The second-order valence-electron chi connectivity index (χ2n) is 6.62. The van der Waals surface area contributed by atoms with Crippen LogP contribution in [0.1, 0.15) is 33.2 Å². The zero-order chi connectivity index (χ0) is 21.2. The Balaban J connectivity index is 1.72. The number of nitrogens with one attached hydrogen (secondary N) is 2. The highest BCUT2D eigenvalue weighted by molar-refractivity contribution is 6.04. The van der Waals surface area contributed by atoms with Crippen molar-refractivity contribution in [3.8, 4) is 11.8 Å². The number of rotatable bonds is 4. The summed E-state index contributed by atoms with van der Waals surface area (Å²) in [5.74, 6) is -3.79. The molecule has 0 saturated carbocycles. The minimum atomic E-state index is -1.35. The Morgan fingerprint density at radius 3 is 1.77 bits per heavy atom. The Labute approximate surface area is 167 Å². The van der Waals surface area contributed by atoms with E-state index in [0.717, 1.165) is 14.7 Å². The lowest BCUT2D eigenvalue weighted by atomic mass is 9.91. The maximum atomic E-state index is 13.4. The molecule has 0 radical (unpaired) electrons. The quantitative estimate of drug-likeness (QED) is 0.485. The average Bonchev–Trinajstić information content (AvgIpc) is 3.44. The van der Waals surface area contributed by atoms with Gasteiger partial charge in [0.15, 0.2) is 5.78 Å². The number of Topliss-reactive ketones (excluding diaryl/α,β-unsaturated/α-hetero) is 1. The van der Waals surface area contributed by atoms with Crippen LogP contribution in [-0.2, 0) is 0 Å². The van der Waals surface area contributed by atoms with E-state index in [0.29, 0.717) is 5.56 Å². The van der Waals surface area contributed by atoms with Crippen LogP contribution in [0.2, 0.25) is 0 Å². The Morgan fingerprint density at radius 2 is 1.33 bits per heavy atom. The van der Waals surface area contributed by atoms with E-state index in [1.165, 1.54) is 0 Å². The second-order valence-corrected chi connectivity index (χ2v) is 6.62. The van der Waals surface area contributed by atoms with Gasteiger partial charge in [-0.2, -0.15) is 0 Å². The van der Waals surface area contributed by atoms with Crippen LogP contribution in [0.15, 0.2) is 44.7 Å². The number of aryl methyl sites for hydroxylation is 1. The summed E-state index contributed by atoms with van der Waals surface area (Å²) in [6, 6.07) is 6.71. The zero-order valence-corrected chi connectivity index (χ0v) is 15.3. The molecule has 0 atom stereocenters. The maximum absolute atomic E-state index is 13.4. The van der Waals surface area contributed by atoms with E-state index < -0.39 is 23.5 Å². The smallest absolute Gasteiger partial charge is 0.259 e. The summed E-state index contributed by atoms with van der Waals surface area (Å²) in [5, 5.41) is 51.3.